The van der Waals surface area contributed by atoms with Gasteiger partial charge in [-0.2, -0.15) is 0 Å². The third-order valence-corrected chi connectivity index (χ3v) is 5.65. The Kier molecular flexibility index (Phi) is 4.20. The molecule has 0 bridgehead atoms. The molecule has 1 saturated heterocycles. The maximum atomic E-state index is 12.3. The summed E-state index contributed by atoms with van der Waals surface area (Å²) >= 11 is 0.779. The van der Waals surface area contributed by atoms with Crippen molar-refractivity contribution in [2.24, 2.45) is 0 Å². The number of ether oxygens (including phenoxy) is 1. The molecule has 4 rings (SSSR count). The molecule has 3 aromatic rings. The summed E-state index contributed by atoms with van der Waals surface area (Å²) in [6.45, 7) is 0.666. The molecule has 5 nitrogen and oxygen atoms in total. The molecule has 0 aliphatic carbocycles. The van der Waals surface area contributed by atoms with Crippen molar-refractivity contribution in [2.75, 3.05) is 14.2 Å². The summed E-state index contributed by atoms with van der Waals surface area (Å²) in [6.07, 6.45) is 2.01. The molecule has 2 aromatic carbocycles. The Bertz CT molecular complexity index is 1010. The lowest BCUT2D eigenvalue weighted by molar-refractivity contribution is -0.113. The molecule has 0 spiro atoms. The third-order valence-electron chi connectivity index (χ3n) is 4.76. The summed E-state index contributed by atoms with van der Waals surface area (Å²) in [6, 6.07) is 15.3. The van der Waals surface area contributed by atoms with Crippen molar-refractivity contribution in [1.82, 2.24) is 9.47 Å². The van der Waals surface area contributed by atoms with Crippen molar-refractivity contribution in [3.05, 3.63) is 65.9 Å². The molecule has 2 heterocycles. The van der Waals surface area contributed by atoms with Crippen LogP contribution in [0.5, 0.6) is 5.75 Å². The Morgan fingerprint density at radius 1 is 1.08 bits per heavy atom. The van der Waals surface area contributed by atoms with Gasteiger partial charge >= 0.3 is 0 Å². The molecule has 1 fully saturated rings. The molecule has 132 valence electrons. The Morgan fingerprint density at radius 2 is 1.88 bits per heavy atom. The number of hydrogen-bond donors (Lipinski definition) is 0. The van der Waals surface area contributed by atoms with Crippen LogP contribution in [0.25, 0.3) is 10.9 Å². The van der Waals surface area contributed by atoms with E-state index in [2.05, 4.69) is 4.57 Å². The second kappa shape index (κ2) is 6.53. The standard InChI is InChI=1S/C20H18N2O3S/c1-21-18(19(23)26-20(21)24)15-7-5-8-16-14(15)10-11-22(16)12-13-6-3-4-9-17(13)25-2/h3-11,18H,12H2,1-2H3. The summed E-state index contributed by atoms with van der Waals surface area (Å²) in [5, 5.41) is 0.663. The van der Waals surface area contributed by atoms with Crippen LogP contribution in [0.1, 0.15) is 17.2 Å². The van der Waals surface area contributed by atoms with Gasteiger partial charge in [0.1, 0.15) is 11.8 Å². The minimum Gasteiger partial charge on any atom is -0.496 e. The number of carbonyl (C=O) groups is 2. The molecule has 1 unspecified atom stereocenters. The molecule has 26 heavy (non-hydrogen) atoms. The van der Waals surface area contributed by atoms with Gasteiger partial charge in [-0.05, 0) is 23.8 Å². The van der Waals surface area contributed by atoms with Gasteiger partial charge in [-0.1, -0.05) is 30.3 Å². The van der Waals surface area contributed by atoms with Crippen molar-refractivity contribution in [3.63, 3.8) is 0 Å². The Morgan fingerprint density at radius 3 is 2.62 bits per heavy atom. The van der Waals surface area contributed by atoms with E-state index in [-0.39, 0.29) is 10.4 Å². The SMILES string of the molecule is COc1ccccc1Cn1ccc2c(C3C(=O)SC(=O)N3C)cccc21. The van der Waals surface area contributed by atoms with Gasteiger partial charge in [-0.3, -0.25) is 9.59 Å². The fourth-order valence-corrected chi connectivity index (χ4v) is 4.27. The lowest BCUT2D eigenvalue weighted by Crippen LogP contribution is -2.23. The molecule has 1 amide bonds. The molecule has 0 saturated carbocycles. The molecular weight excluding hydrogens is 348 g/mol. The molecule has 0 radical (unpaired) electrons. The molecular formula is C20H18N2O3S. The van der Waals surface area contributed by atoms with Crippen LogP contribution in [0.2, 0.25) is 0 Å². The van der Waals surface area contributed by atoms with Crippen LogP contribution in [-0.4, -0.2) is 34.0 Å². The number of benzene rings is 2. The zero-order chi connectivity index (χ0) is 18.3. The highest BCUT2D eigenvalue weighted by molar-refractivity contribution is 8.26. The topological polar surface area (TPSA) is 51.5 Å². The highest BCUT2D eigenvalue weighted by Gasteiger charge is 2.39. The van der Waals surface area contributed by atoms with E-state index in [1.54, 1.807) is 14.2 Å². The van der Waals surface area contributed by atoms with Gasteiger partial charge in [0, 0.05) is 41.5 Å². The number of carbonyl (C=O) groups excluding carboxylic acids is 2. The van der Waals surface area contributed by atoms with Crippen molar-refractivity contribution in [1.29, 1.82) is 0 Å². The number of nitrogens with zero attached hydrogens (tertiary/aromatic N) is 2. The lowest BCUT2D eigenvalue weighted by Gasteiger charge is -2.18. The van der Waals surface area contributed by atoms with Crippen molar-refractivity contribution >= 4 is 33.0 Å². The number of thioether (sulfide) groups is 1. The maximum absolute atomic E-state index is 12.3. The average Bonchev–Trinajstić information content (AvgIpc) is 3.16. The molecule has 6 heteroatoms. The van der Waals surface area contributed by atoms with Gasteiger partial charge in [-0.15, -0.1) is 0 Å². The van der Waals surface area contributed by atoms with E-state index in [4.69, 9.17) is 4.74 Å². The predicted octanol–water partition coefficient (Wildman–Crippen LogP) is 4.06. The van der Waals surface area contributed by atoms with Gasteiger partial charge in [0.15, 0.2) is 0 Å². The number of rotatable bonds is 4. The fourth-order valence-electron chi connectivity index (χ4n) is 3.45. The van der Waals surface area contributed by atoms with Crippen LogP contribution in [0.15, 0.2) is 54.7 Å². The van der Waals surface area contributed by atoms with Crippen molar-refractivity contribution < 1.29 is 14.3 Å². The predicted molar refractivity (Wildman–Crippen MR) is 103 cm³/mol. The minimum atomic E-state index is -0.529. The first-order valence-corrected chi connectivity index (χ1v) is 9.10. The van der Waals surface area contributed by atoms with E-state index < -0.39 is 6.04 Å². The minimum absolute atomic E-state index is 0.123. The normalized spacial score (nSPS) is 17.3. The van der Waals surface area contributed by atoms with Gasteiger partial charge in [-0.25, -0.2) is 0 Å². The van der Waals surface area contributed by atoms with E-state index in [1.165, 1.54) is 4.90 Å². The van der Waals surface area contributed by atoms with E-state index in [0.29, 0.717) is 6.54 Å². The van der Waals surface area contributed by atoms with Crippen LogP contribution in [0.4, 0.5) is 4.79 Å². The van der Waals surface area contributed by atoms with Crippen LogP contribution in [0.3, 0.4) is 0 Å². The lowest BCUT2D eigenvalue weighted by atomic mass is 10.0. The summed E-state index contributed by atoms with van der Waals surface area (Å²) in [5.41, 5.74) is 2.98. The Labute approximate surface area is 155 Å². The molecule has 1 aliphatic rings. The Hall–Kier alpha value is -2.73. The highest BCUT2D eigenvalue weighted by atomic mass is 32.2. The van der Waals surface area contributed by atoms with Gasteiger partial charge in [0.25, 0.3) is 5.24 Å². The number of likely N-dealkylation sites (N-methyl/N-ethyl adjacent to an activating group) is 1. The summed E-state index contributed by atoms with van der Waals surface area (Å²) < 4.78 is 7.58. The number of aromatic nitrogens is 1. The van der Waals surface area contributed by atoms with Gasteiger partial charge in [0.2, 0.25) is 5.12 Å². The summed E-state index contributed by atoms with van der Waals surface area (Å²) in [7, 11) is 3.34. The van der Waals surface area contributed by atoms with Crippen LogP contribution in [-0.2, 0) is 11.3 Å². The van der Waals surface area contributed by atoms with Gasteiger partial charge in [0.05, 0.1) is 13.7 Å². The number of methoxy groups -OCH3 is 1. The number of para-hydroxylation sites is 1. The van der Waals surface area contributed by atoms with E-state index in [0.717, 1.165) is 39.5 Å². The second-order valence-corrected chi connectivity index (χ2v) is 7.19. The van der Waals surface area contributed by atoms with Crippen LogP contribution in [0, 0.1) is 0 Å². The summed E-state index contributed by atoms with van der Waals surface area (Å²) in [4.78, 5) is 25.7. The highest BCUT2D eigenvalue weighted by Crippen LogP contribution is 2.38. The third kappa shape index (κ3) is 2.66. The van der Waals surface area contributed by atoms with Gasteiger partial charge < -0.3 is 14.2 Å². The Balaban J connectivity index is 1.76. The first-order valence-electron chi connectivity index (χ1n) is 8.28. The fraction of sp³-hybridized carbons (Fsp3) is 0.200. The van der Waals surface area contributed by atoms with E-state index in [1.807, 2.05) is 54.7 Å². The number of amides is 1. The first kappa shape index (κ1) is 16.7. The first-order chi connectivity index (χ1) is 12.6. The zero-order valence-electron chi connectivity index (χ0n) is 14.5. The van der Waals surface area contributed by atoms with Crippen LogP contribution >= 0.6 is 11.8 Å². The monoisotopic (exact) mass is 366 g/mol. The maximum Gasteiger partial charge on any atom is 0.289 e. The van der Waals surface area contributed by atoms with Crippen LogP contribution < -0.4 is 4.74 Å². The molecule has 1 aromatic heterocycles. The smallest absolute Gasteiger partial charge is 0.289 e. The summed E-state index contributed by atoms with van der Waals surface area (Å²) in [5.74, 6) is 0.846. The largest absolute Gasteiger partial charge is 0.496 e. The molecule has 0 N–H and O–H groups in total. The van der Waals surface area contributed by atoms with E-state index >= 15 is 0 Å². The molecule has 1 atom stereocenters. The van der Waals surface area contributed by atoms with E-state index in [9.17, 15) is 9.59 Å². The zero-order valence-corrected chi connectivity index (χ0v) is 15.3. The quantitative estimate of drug-likeness (QED) is 0.699. The number of hydrogen-bond acceptors (Lipinski definition) is 4. The molecule has 1 aliphatic heterocycles. The van der Waals surface area contributed by atoms with Crippen molar-refractivity contribution in [3.8, 4) is 5.75 Å². The second-order valence-electron chi connectivity index (χ2n) is 6.24. The van der Waals surface area contributed by atoms with Crippen molar-refractivity contribution in [2.45, 2.75) is 12.6 Å². The number of fused-ring (bicyclic) bond motifs is 1. The average molecular weight is 366 g/mol.